The van der Waals surface area contributed by atoms with E-state index in [0.29, 0.717) is 37.7 Å². The Kier molecular flexibility index (Phi) is 9.84. The topological polar surface area (TPSA) is 90.5 Å². The van der Waals surface area contributed by atoms with E-state index in [1.54, 1.807) is 11.9 Å². The zero-order chi connectivity index (χ0) is 18.7. The number of rotatable bonds is 14. The van der Waals surface area contributed by atoms with Gasteiger partial charge in [-0.15, -0.1) is 0 Å². The zero-order valence-electron chi connectivity index (χ0n) is 15.6. The van der Waals surface area contributed by atoms with Gasteiger partial charge in [0.05, 0.1) is 5.70 Å². The number of nitrogens with zero attached hydrogens (tertiary/aromatic N) is 1. The third-order valence-electron chi connectivity index (χ3n) is 3.93. The lowest BCUT2D eigenvalue weighted by atomic mass is 10.1. The molecule has 7 nitrogen and oxygen atoms in total. The van der Waals surface area contributed by atoms with Crippen molar-refractivity contribution in [2.24, 2.45) is 0 Å². The van der Waals surface area contributed by atoms with Gasteiger partial charge in [0.1, 0.15) is 6.17 Å². The second-order valence-corrected chi connectivity index (χ2v) is 6.41. The molecule has 0 saturated heterocycles. The number of unbranched alkanes of at least 4 members (excludes halogenated alkanes) is 1. The smallest absolute Gasteiger partial charge is 0.221 e. The molecule has 1 aliphatic rings. The van der Waals surface area contributed by atoms with Crippen molar-refractivity contribution < 1.29 is 14.4 Å². The summed E-state index contributed by atoms with van der Waals surface area (Å²) in [6, 6.07) is 0.384. The fourth-order valence-corrected chi connectivity index (χ4v) is 2.38. The SMILES string of the molecule is CC/C=C(/NC1CC1)C(=O)C(NCC)NC(=O)CCCCN(C)C=O. The molecule has 0 bridgehead atoms. The van der Waals surface area contributed by atoms with Crippen molar-refractivity contribution in [2.75, 3.05) is 20.1 Å². The Morgan fingerprint density at radius 2 is 1.96 bits per heavy atom. The molecule has 1 fully saturated rings. The standard InChI is InChI=1S/C18H32N4O3/c1-4-8-15(20-14-10-11-14)17(25)18(19-5-2)21-16(24)9-6-7-12-22(3)13-23/h8,13-14,18-20H,4-7,9-12H2,1-3H3,(H,21,24)/b15-8+. The van der Waals surface area contributed by atoms with Gasteiger partial charge in [0.2, 0.25) is 18.1 Å². The summed E-state index contributed by atoms with van der Waals surface area (Å²) in [6.07, 6.45) is 6.65. The molecule has 1 atom stereocenters. The maximum atomic E-state index is 12.7. The number of allylic oxidation sites excluding steroid dienone is 1. The number of Topliss-reactive ketones (excluding diaryl/α,β-unsaturated/α-hetero) is 1. The zero-order valence-corrected chi connectivity index (χ0v) is 15.6. The van der Waals surface area contributed by atoms with E-state index in [-0.39, 0.29) is 11.7 Å². The fourth-order valence-electron chi connectivity index (χ4n) is 2.38. The van der Waals surface area contributed by atoms with Crippen molar-refractivity contribution in [2.45, 2.75) is 64.6 Å². The molecule has 3 N–H and O–H groups in total. The van der Waals surface area contributed by atoms with Gasteiger partial charge in [0.15, 0.2) is 0 Å². The predicted molar refractivity (Wildman–Crippen MR) is 97.7 cm³/mol. The second kappa shape index (κ2) is 11.6. The van der Waals surface area contributed by atoms with Crippen LogP contribution >= 0.6 is 0 Å². The van der Waals surface area contributed by atoms with E-state index in [2.05, 4.69) is 16.0 Å². The number of amides is 2. The van der Waals surface area contributed by atoms with Crippen LogP contribution in [0.1, 0.15) is 52.4 Å². The third-order valence-corrected chi connectivity index (χ3v) is 3.93. The maximum Gasteiger partial charge on any atom is 0.221 e. The molecule has 2 amide bonds. The molecule has 0 aliphatic heterocycles. The largest absolute Gasteiger partial charge is 0.380 e. The molecule has 1 aliphatic carbocycles. The summed E-state index contributed by atoms with van der Waals surface area (Å²) in [7, 11) is 1.71. The Morgan fingerprint density at radius 1 is 1.24 bits per heavy atom. The van der Waals surface area contributed by atoms with Crippen LogP contribution in [0.3, 0.4) is 0 Å². The van der Waals surface area contributed by atoms with Crippen molar-refractivity contribution in [3.8, 4) is 0 Å². The van der Waals surface area contributed by atoms with Crippen molar-refractivity contribution in [3.63, 3.8) is 0 Å². The molecule has 1 saturated carbocycles. The first kappa shape index (κ1) is 21.2. The number of hydrogen-bond acceptors (Lipinski definition) is 5. The number of nitrogens with one attached hydrogen (secondary N) is 3. The lowest BCUT2D eigenvalue weighted by molar-refractivity contribution is -0.127. The minimum absolute atomic E-state index is 0.121. The minimum atomic E-state index is -0.709. The Bertz CT molecular complexity index is 475. The highest BCUT2D eigenvalue weighted by Crippen LogP contribution is 2.20. The number of carbonyl (C=O) groups is 3. The van der Waals surface area contributed by atoms with E-state index in [1.807, 2.05) is 19.9 Å². The number of hydrogen-bond donors (Lipinski definition) is 3. The molecule has 25 heavy (non-hydrogen) atoms. The first-order chi connectivity index (χ1) is 12.0. The van der Waals surface area contributed by atoms with E-state index < -0.39 is 6.17 Å². The molecular formula is C18H32N4O3. The molecule has 0 aromatic carbocycles. The van der Waals surface area contributed by atoms with Crippen LogP contribution in [0.5, 0.6) is 0 Å². The van der Waals surface area contributed by atoms with Crippen molar-refractivity contribution in [3.05, 3.63) is 11.8 Å². The minimum Gasteiger partial charge on any atom is -0.380 e. The van der Waals surface area contributed by atoms with Crippen LogP contribution in [-0.2, 0) is 14.4 Å². The maximum absolute atomic E-state index is 12.7. The van der Waals surface area contributed by atoms with E-state index in [4.69, 9.17) is 0 Å². The van der Waals surface area contributed by atoms with Crippen LogP contribution in [0.15, 0.2) is 11.8 Å². The molecule has 142 valence electrons. The van der Waals surface area contributed by atoms with Gasteiger partial charge in [0, 0.05) is 26.1 Å². The Balaban J connectivity index is 2.50. The van der Waals surface area contributed by atoms with Crippen molar-refractivity contribution >= 4 is 18.1 Å². The van der Waals surface area contributed by atoms with Crippen LogP contribution in [0.2, 0.25) is 0 Å². The lowest BCUT2D eigenvalue weighted by Crippen LogP contribution is -2.52. The van der Waals surface area contributed by atoms with Gasteiger partial charge in [-0.1, -0.05) is 19.9 Å². The predicted octanol–water partition coefficient (Wildman–Crippen LogP) is 0.912. The molecule has 0 aromatic heterocycles. The summed E-state index contributed by atoms with van der Waals surface area (Å²) >= 11 is 0. The molecule has 1 unspecified atom stereocenters. The van der Waals surface area contributed by atoms with Crippen molar-refractivity contribution in [1.82, 2.24) is 20.9 Å². The van der Waals surface area contributed by atoms with Gasteiger partial charge in [-0.05, 0) is 38.6 Å². The van der Waals surface area contributed by atoms with Crippen LogP contribution in [-0.4, -0.2) is 55.3 Å². The van der Waals surface area contributed by atoms with Crippen molar-refractivity contribution in [1.29, 1.82) is 0 Å². The van der Waals surface area contributed by atoms with Gasteiger partial charge < -0.3 is 15.5 Å². The molecule has 0 radical (unpaired) electrons. The Morgan fingerprint density at radius 3 is 2.52 bits per heavy atom. The summed E-state index contributed by atoms with van der Waals surface area (Å²) in [5.41, 5.74) is 0.587. The molecule has 0 spiro atoms. The first-order valence-electron chi connectivity index (χ1n) is 9.21. The molecule has 0 aromatic rings. The van der Waals surface area contributed by atoms with Crippen LogP contribution in [0, 0.1) is 0 Å². The van der Waals surface area contributed by atoms with Crippen LogP contribution in [0.4, 0.5) is 0 Å². The summed E-state index contributed by atoms with van der Waals surface area (Å²) in [6.45, 7) is 5.10. The van der Waals surface area contributed by atoms with Gasteiger partial charge in [-0.3, -0.25) is 19.7 Å². The molecule has 7 heteroatoms. The Hall–Kier alpha value is -1.89. The molecule has 0 heterocycles. The van der Waals surface area contributed by atoms with E-state index in [1.165, 1.54) is 0 Å². The van der Waals surface area contributed by atoms with Gasteiger partial charge >= 0.3 is 0 Å². The lowest BCUT2D eigenvalue weighted by Gasteiger charge is -2.21. The third kappa shape index (κ3) is 8.67. The summed E-state index contributed by atoms with van der Waals surface area (Å²) in [4.78, 5) is 36.9. The quantitative estimate of drug-likeness (QED) is 0.187. The van der Waals surface area contributed by atoms with Gasteiger partial charge in [0.25, 0.3) is 0 Å². The summed E-state index contributed by atoms with van der Waals surface area (Å²) in [5, 5.41) is 9.09. The Labute approximate surface area is 150 Å². The van der Waals surface area contributed by atoms with E-state index in [9.17, 15) is 14.4 Å². The summed E-state index contributed by atoms with van der Waals surface area (Å²) in [5.74, 6) is -0.278. The first-order valence-corrected chi connectivity index (χ1v) is 9.21. The average molecular weight is 352 g/mol. The van der Waals surface area contributed by atoms with Crippen LogP contribution < -0.4 is 16.0 Å². The second-order valence-electron chi connectivity index (χ2n) is 6.41. The highest BCUT2D eigenvalue weighted by molar-refractivity contribution is 6.00. The van der Waals surface area contributed by atoms with Gasteiger partial charge in [-0.2, -0.15) is 0 Å². The molecular weight excluding hydrogens is 320 g/mol. The number of ketones is 1. The van der Waals surface area contributed by atoms with E-state index >= 15 is 0 Å². The number of carbonyl (C=O) groups excluding carboxylic acids is 3. The highest BCUT2D eigenvalue weighted by atomic mass is 16.2. The average Bonchev–Trinajstić information content (AvgIpc) is 3.41. The normalized spacial score (nSPS) is 15.4. The van der Waals surface area contributed by atoms with E-state index in [0.717, 1.165) is 32.1 Å². The number of likely N-dealkylation sites (N-methyl/N-ethyl adjacent to an activating group) is 1. The summed E-state index contributed by atoms with van der Waals surface area (Å²) < 4.78 is 0. The van der Waals surface area contributed by atoms with Crippen LogP contribution in [0.25, 0.3) is 0 Å². The fraction of sp³-hybridized carbons (Fsp3) is 0.722. The molecule has 1 rings (SSSR count). The highest BCUT2D eigenvalue weighted by Gasteiger charge is 2.28. The monoisotopic (exact) mass is 352 g/mol. The van der Waals surface area contributed by atoms with Gasteiger partial charge in [-0.25, -0.2) is 0 Å².